The Labute approximate surface area is 113 Å². The van der Waals surface area contributed by atoms with Gasteiger partial charge in [0.2, 0.25) is 0 Å². The number of aryl methyl sites for hydroxylation is 2. The molecule has 1 saturated heterocycles. The Morgan fingerprint density at radius 2 is 2.11 bits per heavy atom. The second-order valence-corrected chi connectivity index (χ2v) is 5.21. The Morgan fingerprint density at radius 3 is 2.68 bits per heavy atom. The van der Waals surface area contributed by atoms with Crippen LogP contribution in [0, 0.1) is 6.92 Å². The summed E-state index contributed by atoms with van der Waals surface area (Å²) in [5, 5.41) is 7.36. The van der Waals surface area contributed by atoms with Gasteiger partial charge >= 0.3 is 0 Å². The van der Waals surface area contributed by atoms with Crippen LogP contribution in [-0.2, 0) is 6.54 Å². The van der Waals surface area contributed by atoms with Gasteiger partial charge in [0.25, 0.3) is 5.91 Å². The first kappa shape index (κ1) is 13.9. The number of nitrogen functional groups attached to an aromatic ring is 1. The van der Waals surface area contributed by atoms with Crippen molar-refractivity contribution in [3.05, 3.63) is 11.4 Å². The van der Waals surface area contributed by atoms with E-state index < -0.39 is 0 Å². The fourth-order valence-electron chi connectivity index (χ4n) is 2.47. The Bertz CT molecular complexity index is 460. The molecule has 0 unspecified atom stereocenters. The molecule has 1 aliphatic rings. The van der Waals surface area contributed by atoms with Crippen LogP contribution >= 0.6 is 0 Å². The number of nitrogens with one attached hydrogen (secondary N) is 1. The smallest absolute Gasteiger partial charge is 0.271 e. The van der Waals surface area contributed by atoms with Crippen molar-refractivity contribution in [2.24, 2.45) is 0 Å². The van der Waals surface area contributed by atoms with Crippen LogP contribution < -0.4 is 11.1 Å². The number of aromatic nitrogens is 2. The van der Waals surface area contributed by atoms with Crippen LogP contribution in [0.1, 0.15) is 35.9 Å². The summed E-state index contributed by atoms with van der Waals surface area (Å²) >= 11 is 0. The Balaban J connectivity index is 2.08. The summed E-state index contributed by atoms with van der Waals surface area (Å²) < 4.78 is 1.68. The molecule has 3 N–H and O–H groups in total. The van der Waals surface area contributed by atoms with Gasteiger partial charge in [0.1, 0.15) is 5.69 Å². The average molecular weight is 265 g/mol. The number of amides is 1. The minimum absolute atomic E-state index is 0.102. The van der Waals surface area contributed by atoms with Crippen molar-refractivity contribution in [3.63, 3.8) is 0 Å². The minimum atomic E-state index is -0.102. The fourth-order valence-corrected chi connectivity index (χ4v) is 2.47. The molecule has 1 fully saturated rings. The van der Waals surface area contributed by atoms with Gasteiger partial charge in [0, 0.05) is 12.6 Å². The summed E-state index contributed by atoms with van der Waals surface area (Å²) in [5.74, 6) is -0.102. The number of anilines is 1. The van der Waals surface area contributed by atoms with Crippen LogP contribution in [0.25, 0.3) is 0 Å². The highest BCUT2D eigenvalue weighted by Gasteiger charge is 2.23. The lowest BCUT2D eigenvalue weighted by Crippen LogP contribution is -2.44. The number of nitrogens with two attached hydrogens (primary N) is 1. The molecule has 1 aromatic heterocycles. The van der Waals surface area contributed by atoms with E-state index in [-0.39, 0.29) is 11.9 Å². The monoisotopic (exact) mass is 265 g/mol. The third kappa shape index (κ3) is 2.89. The largest absolute Gasteiger partial charge is 0.395 e. The van der Waals surface area contributed by atoms with Gasteiger partial charge in [-0.2, -0.15) is 5.10 Å². The zero-order valence-electron chi connectivity index (χ0n) is 11.9. The van der Waals surface area contributed by atoms with Gasteiger partial charge in [-0.25, -0.2) is 0 Å². The van der Waals surface area contributed by atoms with Crippen LogP contribution in [0.2, 0.25) is 0 Å². The molecule has 2 rings (SSSR count). The van der Waals surface area contributed by atoms with Crippen LogP contribution in [0.4, 0.5) is 5.69 Å². The number of carbonyl (C=O) groups excluding carboxylic acids is 1. The third-order valence-corrected chi connectivity index (χ3v) is 3.74. The molecule has 6 nitrogen and oxygen atoms in total. The second-order valence-electron chi connectivity index (χ2n) is 5.21. The second kappa shape index (κ2) is 5.61. The van der Waals surface area contributed by atoms with Crippen LogP contribution in [-0.4, -0.2) is 46.8 Å². The number of hydrogen-bond donors (Lipinski definition) is 2. The maximum Gasteiger partial charge on any atom is 0.271 e. The normalized spacial score (nSPS) is 17.6. The van der Waals surface area contributed by atoms with Gasteiger partial charge in [-0.1, -0.05) is 0 Å². The average Bonchev–Trinajstić information content (AvgIpc) is 2.68. The van der Waals surface area contributed by atoms with Gasteiger partial charge in [0.05, 0.1) is 11.4 Å². The van der Waals surface area contributed by atoms with Gasteiger partial charge in [-0.15, -0.1) is 0 Å². The molecule has 0 saturated carbocycles. The number of likely N-dealkylation sites (tertiary alicyclic amines) is 1. The molecule has 0 spiro atoms. The number of nitrogens with zero attached hydrogens (tertiary/aromatic N) is 3. The first-order valence-electron chi connectivity index (χ1n) is 6.85. The molecule has 0 aromatic carbocycles. The lowest BCUT2D eigenvalue weighted by molar-refractivity contribution is 0.0907. The van der Waals surface area contributed by atoms with Crippen molar-refractivity contribution in [3.8, 4) is 0 Å². The Kier molecular flexibility index (Phi) is 4.09. The van der Waals surface area contributed by atoms with E-state index in [1.807, 2.05) is 13.8 Å². The molecule has 0 radical (unpaired) electrons. The van der Waals surface area contributed by atoms with E-state index in [9.17, 15) is 4.79 Å². The molecular weight excluding hydrogens is 242 g/mol. The molecule has 0 atom stereocenters. The standard InChI is InChI=1S/C13H23N5O/c1-4-18-12(11(14)9(2)16-18)13(19)15-10-5-7-17(3)8-6-10/h10H,4-8,14H2,1-3H3,(H,15,19). The van der Waals surface area contributed by atoms with E-state index in [4.69, 9.17) is 5.73 Å². The van der Waals surface area contributed by atoms with E-state index in [0.717, 1.165) is 31.6 Å². The molecule has 1 aromatic rings. The molecule has 19 heavy (non-hydrogen) atoms. The quantitative estimate of drug-likeness (QED) is 0.840. The van der Waals surface area contributed by atoms with Crippen molar-refractivity contribution in [1.29, 1.82) is 0 Å². The first-order chi connectivity index (χ1) is 9.02. The van der Waals surface area contributed by atoms with Crippen molar-refractivity contribution >= 4 is 11.6 Å². The molecule has 1 amide bonds. The van der Waals surface area contributed by atoms with Gasteiger partial charge < -0.3 is 16.0 Å². The first-order valence-corrected chi connectivity index (χ1v) is 6.85. The predicted molar refractivity (Wildman–Crippen MR) is 75.0 cm³/mol. The van der Waals surface area contributed by atoms with Crippen molar-refractivity contribution < 1.29 is 4.79 Å². The molecule has 0 bridgehead atoms. The molecule has 2 heterocycles. The molecule has 0 aliphatic carbocycles. The summed E-state index contributed by atoms with van der Waals surface area (Å²) in [6.45, 7) is 6.47. The summed E-state index contributed by atoms with van der Waals surface area (Å²) in [7, 11) is 2.10. The molecule has 6 heteroatoms. The number of hydrogen-bond acceptors (Lipinski definition) is 4. The predicted octanol–water partition coefficient (Wildman–Crippen LogP) is 0.618. The Hall–Kier alpha value is -1.56. The maximum atomic E-state index is 12.3. The number of carbonyl (C=O) groups is 1. The van der Waals surface area contributed by atoms with E-state index in [1.165, 1.54) is 0 Å². The summed E-state index contributed by atoms with van der Waals surface area (Å²) in [5.41, 5.74) is 7.66. The van der Waals surface area contributed by atoms with Crippen molar-refractivity contribution in [1.82, 2.24) is 20.0 Å². The van der Waals surface area contributed by atoms with Crippen LogP contribution in [0.3, 0.4) is 0 Å². The van der Waals surface area contributed by atoms with Crippen LogP contribution in [0.15, 0.2) is 0 Å². The minimum Gasteiger partial charge on any atom is -0.395 e. The van der Waals surface area contributed by atoms with Gasteiger partial charge in [-0.3, -0.25) is 9.48 Å². The third-order valence-electron chi connectivity index (χ3n) is 3.74. The summed E-state index contributed by atoms with van der Waals surface area (Å²) in [6, 6.07) is 0.239. The molecule has 1 aliphatic heterocycles. The SMILES string of the molecule is CCn1nc(C)c(N)c1C(=O)NC1CCN(C)CC1. The summed E-state index contributed by atoms with van der Waals surface area (Å²) in [4.78, 5) is 14.6. The van der Waals surface area contributed by atoms with Crippen molar-refractivity contribution in [2.75, 3.05) is 25.9 Å². The van der Waals surface area contributed by atoms with E-state index in [0.29, 0.717) is 17.9 Å². The topological polar surface area (TPSA) is 76.2 Å². The molecule has 106 valence electrons. The number of piperidine rings is 1. The number of rotatable bonds is 3. The van der Waals surface area contributed by atoms with Gasteiger partial charge in [0.15, 0.2) is 0 Å². The van der Waals surface area contributed by atoms with E-state index in [1.54, 1.807) is 4.68 Å². The van der Waals surface area contributed by atoms with E-state index >= 15 is 0 Å². The highest BCUT2D eigenvalue weighted by Crippen LogP contribution is 2.17. The van der Waals surface area contributed by atoms with E-state index in [2.05, 4.69) is 22.4 Å². The lowest BCUT2D eigenvalue weighted by atomic mass is 10.1. The highest BCUT2D eigenvalue weighted by atomic mass is 16.2. The Morgan fingerprint density at radius 1 is 1.47 bits per heavy atom. The van der Waals surface area contributed by atoms with Crippen LogP contribution in [0.5, 0.6) is 0 Å². The van der Waals surface area contributed by atoms with Crippen molar-refractivity contribution in [2.45, 2.75) is 39.3 Å². The highest BCUT2D eigenvalue weighted by molar-refractivity contribution is 5.98. The fraction of sp³-hybridized carbons (Fsp3) is 0.692. The lowest BCUT2D eigenvalue weighted by Gasteiger charge is -2.29. The zero-order chi connectivity index (χ0) is 14.0. The molecular formula is C13H23N5O. The maximum absolute atomic E-state index is 12.3. The zero-order valence-corrected chi connectivity index (χ0v) is 11.9. The summed E-state index contributed by atoms with van der Waals surface area (Å²) in [6.07, 6.45) is 1.97. The van der Waals surface area contributed by atoms with Gasteiger partial charge in [-0.05, 0) is 46.8 Å².